The molecule has 0 aliphatic carbocycles. The van der Waals surface area contributed by atoms with Gasteiger partial charge in [-0.15, -0.1) is 11.3 Å². The van der Waals surface area contributed by atoms with Gasteiger partial charge >= 0.3 is 0 Å². The molecule has 1 saturated heterocycles. The molecule has 3 nitrogen and oxygen atoms in total. The van der Waals surface area contributed by atoms with Crippen molar-refractivity contribution < 1.29 is 0 Å². The second kappa shape index (κ2) is 5.90. The number of hydrogen-bond donors (Lipinski definition) is 1. The Morgan fingerprint density at radius 1 is 1.42 bits per heavy atom. The Bertz CT molecular complexity index is 408. The fourth-order valence-corrected chi connectivity index (χ4v) is 3.84. The average Bonchev–Trinajstić information content (AvgIpc) is 2.74. The summed E-state index contributed by atoms with van der Waals surface area (Å²) in [4.78, 5) is 7.37. The van der Waals surface area contributed by atoms with Crippen LogP contribution in [0.1, 0.15) is 56.8 Å². The quantitative estimate of drug-likeness (QED) is 0.905. The van der Waals surface area contributed by atoms with E-state index in [9.17, 15) is 0 Å². The second-order valence-corrected chi connectivity index (χ2v) is 7.60. The molecule has 2 unspecified atom stereocenters. The highest BCUT2D eigenvalue weighted by atomic mass is 32.1. The highest BCUT2D eigenvalue weighted by Gasteiger charge is 2.31. The van der Waals surface area contributed by atoms with Crippen molar-refractivity contribution in [2.45, 2.75) is 51.5 Å². The zero-order valence-corrected chi connectivity index (χ0v) is 13.5. The van der Waals surface area contributed by atoms with Gasteiger partial charge in [0.25, 0.3) is 0 Å². The van der Waals surface area contributed by atoms with Gasteiger partial charge in [0.2, 0.25) is 0 Å². The van der Waals surface area contributed by atoms with E-state index in [4.69, 9.17) is 10.7 Å². The minimum absolute atomic E-state index is 0.143. The Hall–Kier alpha value is -0.450. The molecular weight excluding hydrogens is 254 g/mol. The molecule has 1 aromatic heterocycles. The van der Waals surface area contributed by atoms with E-state index in [0.29, 0.717) is 12.0 Å². The third kappa shape index (κ3) is 3.36. The third-order valence-electron chi connectivity index (χ3n) is 4.03. The fraction of sp³-hybridized carbons (Fsp3) is 0.800. The summed E-state index contributed by atoms with van der Waals surface area (Å²) in [5.41, 5.74) is 7.38. The fourth-order valence-electron chi connectivity index (χ4n) is 2.91. The van der Waals surface area contributed by atoms with Crippen molar-refractivity contribution in [1.82, 2.24) is 9.88 Å². The van der Waals surface area contributed by atoms with Gasteiger partial charge in [-0.05, 0) is 38.9 Å². The van der Waals surface area contributed by atoms with Gasteiger partial charge in [0, 0.05) is 10.8 Å². The summed E-state index contributed by atoms with van der Waals surface area (Å²) in [7, 11) is 2.22. The maximum atomic E-state index is 6.00. The van der Waals surface area contributed by atoms with E-state index in [1.165, 1.54) is 30.0 Å². The molecule has 2 atom stereocenters. The number of aromatic nitrogens is 1. The van der Waals surface area contributed by atoms with Crippen LogP contribution in [0.25, 0.3) is 0 Å². The summed E-state index contributed by atoms with van der Waals surface area (Å²) in [6.45, 7) is 8.60. The maximum Gasteiger partial charge on any atom is 0.0982 e. The van der Waals surface area contributed by atoms with E-state index < -0.39 is 0 Å². The summed E-state index contributed by atoms with van der Waals surface area (Å²) in [6.07, 6.45) is 3.80. The molecule has 108 valence electrons. The van der Waals surface area contributed by atoms with Gasteiger partial charge in [0.05, 0.1) is 16.7 Å². The van der Waals surface area contributed by atoms with Crippen LogP contribution in [-0.4, -0.2) is 30.0 Å². The predicted molar refractivity (Wildman–Crippen MR) is 82.6 cm³/mol. The highest BCUT2D eigenvalue weighted by molar-refractivity contribution is 7.09. The lowest BCUT2D eigenvalue weighted by atomic mass is 9.92. The standard InChI is InChI=1S/C15H27N3S/c1-15(2,3)14-17-12(10-19-14)13-11(9-16)7-5-6-8-18(13)4/h10-11,13H,5-9,16H2,1-4H3. The molecule has 0 aromatic carbocycles. The Morgan fingerprint density at radius 3 is 2.74 bits per heavy atom. The first-order chi connectivity index (χ1) is 8.93. The van der Waals surface area contributed by atoms with Gasteiger partial charge in [-0.25, -0.2) is 4.98 Å². The molecule has 1 aliphatic rings. The predicted octanol–water partition coefficient (Wildman–Crippen LogP) is 3.17. The number of thiazole rings is 1. The van der Waals surface area contributed by atoms with E-state index in [0.717, 1.165) is 13.1 Å². The van der Waals surface area contributed by atoms with Crippen LogP contribution in [0.15, 0.2) is 5.38 Å². The van der Waals surface area contributed by atoms with Crippen molar-refractivity contribution in [1.29, 1.82) is 0 Å². The lowest BCUT2D eigenvalue weighted by Gasteiger charge is -2.30. The van der Waals surface area contributed by atoms with E-state index in [2.05, 4.69) is 38.1 Å². The van der Waals surface area contributed by atoms with Crippen LogP contribution in [0.2, 0.25) is 0 Å². The molecule has 4 heteroatoms. The van der Waals surface area contributed by atoms with Gasteiger partial charge in [0.15, 0.2) is 0 Å². The second-order valence-electron chi connectivity index (χ2n) is 6.74. The minimum Gasteiger partial charge on any atom is -0.330 e. The maximum absolute atomic E-state index is 6.00. The van der Waals surface area contributed by atoms with Crippen LogP contribution in [0.4, 0.5) is 0 Å². The normalized spacial score (nSPS) is 26.4. The van der Waals surface area contributed by atoms with E-state index in [-0.39, 0.29) is 5.41 Å². The smallest absolute Gasteiger partial charge is 0.0982 e. The first-order valence-electron chi connectivity index (χ1n) is 7.29. The number of hydrogen-bond acceptors (Lipinski definition) is 4. The number of nitrogens with two attached hydrogens (primary N) is 1. The van der Waals surface area contributed by atoms with Crippen molar-refractivity contribution in [2.75, 3.05) is 20.1 Å². The number of likely N-dealkylation sites (tertiary alicyclic amines) is 1. The lowest BCUT2D eigenvalue weighted by Crippen LogP contribution is -2.33. The van der Waals surface area contributed by atoms with Crippen LogP contribution in [0, 0.1) is 5.92 Å². The molecule has 2 rings (SSSR count). The molecule has 19 heavy (non-hydrogen) atoms. The van der Waals surface area contributed by atoms with E-state index >= 15 is 0 Å². The molecule has 0 saturated carbocycles. The molecule has 0 amide bonds. The van der Waals surface area contributed by atoms with Crippen LogP contribution < -0.4 is 5.73 Å². The van der Waals surface area contributed by atoms with Gasteiger partial charge in [-0.1, -0.05) is 27.2 Å². The lowest BCUT2D eigenvalue weighted by molar-refractivity contribution is 0.192. The molecule has 1 aliphatic heterocycles. The Labute approximate surface area is 121 Å². The number of nitrogens with zero attached hydrogens (tertiary/aromatic N) is 2. The Kier molecular flexibility index (Phi) is 4.64. The third-order valence-corrected chi connectivity index (χ3v) is 5.31. The first-order valence-corrected chi connectivity index (χ1v) is 8.17. The van der Waals surface area contributed by atoms with Gasteiger partial charge in [-0.2, -0.15) is 0 Å². The first kappa shape index (κ1) is 14.9. The molecule has 2 heterocycles. The molecule has 2 N–H and O–H groups in total. The molecule has 0 bridgehead atoms. The summed E-state index contributed by atoms with van der Waals surface area (Å²) in [6, 6.07) is 0.403. The summed E-state index contributed by atoms with van der Waals surface area (Å²) >= 11 is 1.79. The van der Waals surface area contributed by atoms with Gasteiger partial charge in [0.1, 0.15) is 0 Å². The van der Waals surface area contributed by atoms with E-state index in [1.54, 1.807) is 11.3 Å². The van der Waals surface area contributed by atoms with E-state index in [1.807, 2.05) is 0 Å². The van der Waals surface area contributed by atoms with Crippen LogP contribution in [-0.2, 0) is 5.41 Å². The Morgan fingerprint density at radius 2 is 2.16 bits per heavy atom. The molecule has 1 fully saturated rings. The highest BCUT2D eigenvalue weighted by Crippen LogP contribution is 2.36. The zero-order chi connectivity index (χ0) is 14.0. The van der Waals surface area contributed by atoms with Crippen molar-refractivity contribution in [3.63, 3.8) is 0 Å². The van der Waals surface area contributed by atoms with Gasteiger partial charge in [-0.3, -0.25) is 4.90 Å². The number of rotatable bonds is 2. The monoisotopic (exact) mass is 281 g/mol. The summed E-state index contributed by atoms with van der Waals surface area (Å²) in [5.74, 6) is 0.544. The molecule has 1 aromatic rings. The SMILES string of the molecule is CN1CCCCC(CN)C1c1csc(C(C)(C)C)n1. The van der Waals surface area contributed by atoms with Crippen molar-refractivity contribution in [2.24, 2.45) is 11.7 Å². The van der Waals surface area contributed by atoms with Gasteiger partial charge < -0.3 is 5.73 Å². The van der Waals surface area contributed by atoms with Crippen molar-refractivity contribution >= 4 is 11.3 Å². The summed E-state index contributed by atoms with van der Waals surface area (Å²) in [5, 5.41) is 3.48. The Balaban J connectivity index is 2.28. The topological polar surface area (TPSA) is 42.1 Å². The van der Waals surface area contributed by atoms with Crippen molar-refractivity contribution in [3.8, 4) is 0 Å². The van der Waals surface area contributed by atoms with Crippen LogP contribution in [0.5, 0.6) is 0 Å². The molecule has 0 spiro atoms. The largest absolute Gasteiger partial charge is 0.330 e. The van der Waals surface area contributed by atoms with Crippen molar-refractivity contribution in [3.05, 3.63) is 16.1 Å². The molecular formula is C15H27N3S. The minimum atomic E-state index is 0.143. The summed E-state index contributed by atoms with van der Waals surface area (Å²) < 4.78 is 0. The van der Waals surface area contributed by atoms with Crippen LogP contribution in [0.3, 0.4) is 0 Å². The molecule has 0 radical (unpaired) electrons. The zero-order valence-electron chi connectivity index (χ0n) is 12.6. The average molecular weight is 281 g/mol. The van der Waals surface area contributed by atoms with Crippen LogP contribution >= 0.6 is 11.3 Å².